The molecule has 1 N–H and O–H groups in total. The summed E-state index contributed by atoms with van der Waals surface area (Å²) in [6.45, 7) is 4.97. The Morgan fingerprint density at radius 3 is 2.65 bits per heavy atom. The van der Waals surface area contributed by atoms with Crippen molar-refractivity contribution in [2.45, 2.75) is 51.1 Å². The van der Waals surface area contributed by atoms with E-state index in [0.717, 1.165) is 0 Å². The van der Waals surface area contributed by atoms with E-state index in [0.29, 0.717) is 0 Å². The molecule has 2 aliphatic heterocycles. The lowest BCUT2D eigenvalue weighted by Gasteiger charge is -2.24. The van der Waals surface area contributed by atoms with Crippen LogP contribution in [-0.2, 0) is 19.0 Å². The van der Waals surface area contributed by atoms with Gasteiger partial charge in [0.25, 0.3) is 5.56 Å². The molecule has 8 nitrogen and oxygen atoms in total. The molecule has 1 aromatic heterocycles. The van der Waals surface area contributed by atoms with Crippen LogP contribution in [0.4, 0.5) is 0 Å². The van der Waals surface area contributed by atoms with E-state index in [1.165, 1.54) is 29.8 Å². The number of carbonyl (C=O) groups is 1. The third-order valence-electron chi connectivity index (χ3n) is 3.71. The topological polar surface area (TPSA) is 99.6 Å². The normalized spacial score (nSPS) is 32.3. The Balaban J connectivity index is 1.96. The monoisotopic (exact) mass is 322 g/mol. The number of H-pyrrole nitrogens is 1. The SMILES string of the molecule is CC(=O)C=CC1OC(n2ccc(=O)[nH]c2=O)C2OC(C)(C)OC12. The van der Waals surface area contributed by atoms with Crippen LogP contribution in [-0.4, -0.2) is 39.4 Å². The lowest BCUT2D eigenvalue weighted by atomic mass is 10.1. The number of ketones is 1. The van der Waals surface area contributed by atoms with E-state index in [-0.39, 0.29) is 5.78 Å². The first-order chi connectivity index (χ1) is 10.8. The van der Waals surface area contributed by atoms with Gasteiger partial charge in [0.15, 0.2) is 17.8 Å². The minimum Gasteiger partial charge on any atom is -0.345 e. The number of nitrogens with zero attached hydrogens (tertiary/aromatic N) is 1. The molecule has 23 heavy (non-hydrogen) atoms. The van der Waals surface area contributed by atoms with E-state index in [4.69, 9.17) is 14.2 Å². The maximum atomic E-state index is 12.0. The summed E-state index contributed by atoms with van der Waals surface area (Å²) in [5.41, 5.74) is -1.08. The largest absolute Gasteiger partial charge is 0.345 e. The molecule has 2 saturated heterocycles. The standard InChI is InChI=1S/C15H18N2O6/c1-8(18)4-5-9-11-12(23-15(2,3)22-11)13(21-9)17-7-6-10(19)16-14(17)20/h4-7,9,11-13H,1-3H3,(H,16,19,20). The molecule has 0 saturated carbocycles. The third-order valence-corrected chi connectivity index (χ3v) is 3.71. The van der Waals surface area contributed by atoms with Crippen molar-refractivity contribution in [1.29, 1.82) is 0 Å². The number of aromatic nitrogens is 2. The molecule has 4 atom stereocenters. The zero-order valence-electron chi connectivity index (χ0n) is 13.0. The molecule has 0 amide bonds. The first-order valence-corrected chi connectivity index (χ1v) is 7.28. The molecule has 1 aromatic rings. The molecule has 124 valence electrons. The predicted molar refractivity (Wildman–Crippen MR) is 78.9 cm³/mol. The zero-order chi connectivity index (χ0) is 16.8. The lowest BCUT2D eigenvalue weighted by molar-refractivity contribution is -0.192. The van der Waals surface area contributed by atoms with Gasteiger partial charge in [-0.2, -0.15) is 0 Å². The molecule has 3 rings (SSSR count). The van der Waals surface area contributed by atoms with Crippen LogP contribution >= 0.6 is 0 Å². The first-order valence-electron chi connectivity index (χ1n) is 7.28. The number of fused-ring (bicyclic) bond motifs is 1. The van der Waals surface area contributed by atoms with Crippen molar-refractivity contribution in [3.05, 3.63) is 45.3 Å². The molecule has 8 heteroatoms. The van der Waals surface area contributed by atoms with Crippen molar-refractivity contribution in [2.75, 3.05) is 0 Å². The molecule has 3 heterocycles. The Labute approximate surface area is 131 Å². The lowest BCUT2D eigenvalue weighted by Crippen LogP contribution is -2.37. The number of rotatable bonds is 3. The van der Waals surface area contributed by atoms with Crippen LogP contribution in [0.1, 0.15) is 27.0 Å². The molecular formula is C15H18N2O6. The Morgan fingerprint density at radius 2 is 2.00 bits per heavy atom. The molecule has 2 fully saturated rings. The number of hydrogen-bond acceptors (Lipinski definition) is 6. The van der Waals surface area contributed by atoms with E-state index < -0.39 is 41.6 Å². The zero-order valence-corrected chi connectivity index (χ0v) is 13.0. The van der Waals surface area contributed by atoms with Crippen LogP contribution in [0, 0.1) is 0 Å². The molecule has 2 aliphatic rings. The van der Waals surface area contributed by atoms with Crippen LogP contribution in [0.25, 0.3) is 0 Å². The van der Waals surface area contributed by atoms with Crippen molar-refractivity contribution < 1.29 is 19.0 Å². The average molecular weight is 322 g/mol. The van der Waals surface area contributed by atoms with Crippen LogP contribution in [0.5, 0.6) is 0 Å². The minimum atomic E-state index is -0.828. The molecule has 0 radical (unpaired) electrons. The van der Waals surface area contributed by atoms with Crippen molar-refractivity contribution in [2.24, 2.45) is 0 Å². The summed E-state index contributed by atoms with van der Waals surface area (Å²) in [7, 11) is 0. The second-order valence-corrected chi connectivity index (χ2v) is 6.04. The molecule has 0 aliphatic carbocycles. The maximum absolute atomic E-state index is 12.0. The summed E-state index contributed by atoms with van der Waals surface area (Å²) >= 11 is 0. The van der Waals surface area contributed by atoms with E-state index in [1.807, 2.05) is 0 Å². The van der Waals surface area contributed by atoms with Gasteiger partial charge in [-0.25, -0.2) is 4.79 Å². The van der Waals surface area contributed by atoms with Crippen molar-refractivity contribution in [3.63, 3.8) is 0 Å². The van der Waals surface area contributed by atoms with Gasteiger partial charge < -0.3 is 14.2 Å². The molecular weight excluding hydrogens is 304 g/mol. The summed E-state index contributed by atoms with van der Waals surface area (Å²) in [5, 5.41) is 0. The minimum absolute atomic E-state index is 0.118. The van der Waals surface area contributed by atoms with Crippen LogP contribution in [0.3, 0.4) is 0 Å². The van der Waals surface area contributed by atoms with Gasteiger partial charge in [0.2, 0.25) is 0 Å². The fourth-order valence-electron chi connectivity index (χ4n) is 2.84. The highest BCUT2D eigenvalue weighted by Gasteiger charge is 2.55. The quantitative estimate of drug-likeness (QED) is 0.792. The van der Waals surface area contributed by atoms with Gasteiger partial charge in [-0.1, -0.05) is 0 Å². The molecule has 0 bridgehead atoms. The number of aromatic amines is 1. The summed E-state index contributed by atoms with van der Waals surface area (Å²) < 4.78 is 18.8. The van der Waals surface area contributed by atoms with Gasteiger partial charge in [0, 0.05) is 12.3 Å². The van der Waals surface area contributed by atoms with Crippen LogP contribution in [0.2, 0.25) is 0 Å². The number of nitrogens with one attached hydrogen (secondary N) is 1. The van der Waals surface area contributed by atoms with Gasteiger partial charge in [-0.15, -0.1) is 0 Å². The molecule has 4 unspecified atom stereocenters. The van der Waals surface area contributed by atoms with Crippen LogP contribution in [0.15, 0.2) is 34.0 Å². The highest BCUT2D eigenvalue weighted by Crippen LogP contribution is 2.42. The highest BCUT2D eigenvalue weighted by atomic mass is 16.8. The number of ether oxygens (including phenoxy) is 3. The van der Waals surface area contributed by atoms with E-state index in [9.17, 15) is 14.4 Å². The molecule has 0 spiro atoms. The first kappa shape index (κ1) is 15.9. The summed E-state index contributed by atoms with van der Waals surface area (Å²) in [6.07, 6.45) is 2.08. The van der Waals surface area contributed by atoms with Gasteiger partial charge in [-0.3, -0.25) is 19.1 Å². The second-order valence-electron chi connectivity index (χ2n) is 6.04. The van der Waals surface area contributed by atoms with Crippen molar-refractivity contribution >= 4 is 5.78 Å². The Kier molecular flexibility index (Phi) is 3.83. The van der Waals surface area contributed by atoms with Gasteiger partial charge in [-0.05, 0) is 32.9 Å². The molecule has 0 aromatic carbocycles. The Bertz CT molecular complexity index is 762. The van der Waals surface area contributed by atoms with Gasteiger partial charge in [0.1, 0.15) is 18.3 Å². The fourth-order valence-corrected chi connectivity index (χ4v) is 2.84. The predicted octanol–water partition coefficient (Wildman–Crippen LogP) is 0.0993. The van der Waals surface area contributed by atoms with E-state index in [1.54, 1.807) is 19.9 Å². The fraction of sp³-hybridized carbons (Fsp3) is 0.533. The summed E-state index contributed by atoms with van der Waals surface area (Å²) in [6, 6.07) is 1.24. The highest BCUT2D eigenvalue weighted by molar-refractivity contribution is 5.87. The maximum Gasteiger partial charge on any atom is 0.330 e. The van der Waals surface area contributed by atoms with E-state index in [2.05, 4.69) is 4.98 Å². The van der Waals surface area contributed by atoms with Crippen molar-refractivity contribution in [1.82, 2.24) is 9.55 Å². The summed E-state index contributed by atoms with van der Waals surface area (Å²) in [4.78, 5) is 36.6. The van der Waals surface area contributed by atoms with E-state index >= 15 is 0 Å². The number of carbonyl (C=O) groups excluding carboxylic acids is 1. The van der Waals surface area contributed by atoms with Gasteiger partial charge in [0.05, 0.1) is 0 Å². The third kappa shape index (κ3) is 3.05. The number of hydrogen-bond donors (Lipinski definition) is 1. The van der Waals surface area contributed by atoms with Crippen LogP contribution < -0.4 is 11.2 Å². The Hall–Kier alpha value is -2.03. The second kappa shape index (κ2) is 5.55. The smallest absolute Gasteiger partial charge is 0.330 e. The average Bonchev–Trinajstić information content (AvgIpc) is 2.90. The Morgan fingerprint density at radius 1 is 1.30 bits per heavy atom. The number of allylic oxidation sites excluding steroid dienone is 1. The van der Waals surface area contributed by atoms with Crippen molar-refractivity contribution in [3.8, 4) is 0 Å². The van der Waals surface area contributed by atoms with Gasteiger partial charge >= 0.3 is 5.69 Å². The summed E-state index contributed by atoms with van der Waals surface area (Å²) in [5.74, 6) is -0.946.